The van der Waals surface area contributed by atoms with Gasteiger partial charge in [0.05, 0.1) is 21.3 Å². The Hall–Kier alpha value is -1.76. The van der Waals surface area contributed by atoms with Gasteiger partial charge in [-0.25, -0.2) is 0 Å². The van der Waals surface area contributed by atoms with Gasteiger partial charge in [0.15, 0.2) is 0 Å². The summed E-state index contributed by atoms with van der Waals surface area (Å²) in [6.45, 7) is -0.129. The Labute approximate surface area is 125 Å². The fraction of sp³-hybridized carbons (Fsp3) is 0.385. The van der Waals surface area contributed by atoms with Gasteiger partial charge in [-0.05, 0) is 28.1 Å². The lowest BCUT2D eigenvalue weighted by Gasteiger charge is -2.17. The molecule has 0 atom stereocenters. The van der Waals surface area contributed by atoms with Crippen LogP contribution in [0.2, 0.25) is 0 Å². The van der Waals surface area contributed by atoms with Crippen molar-refractivity contribution in [2.45, 2.75) is 0 Å². The maximum absolute atomic E-state index is 12.2. The first-order valence-corrected chi connectivity index (χ1v) is 6.47. The molecule has 0 N–H and O–H groups in total. The number of carbonyl (C=O) groups excluding carboxylic acids is 2. The van der Waals surface area contributed by atoms with E-state index < -0.39 is 5.97 Å². The van der Waals surface area contributed by atoms with Gasteiger partial charge in [-0.15, -0.1) is 0 Å². The topological polar surface area (TPSA) is 65.1 Å². The van der Waals surface area contributed by atoms with Gasteiger partial charge in [-0.3, -0.25) is 9.59 Å². The van der Waals surface area contributed by atoms with Gasteiger partial charge >= 0.3 is 5.97 Å². The standard InChI is InChI=1S/C13H16BrNO5/c1-15(7-11(16)20-4)13(17)8-5-9(18-2)12(14)10(6-8)19-3/h5-6H,7H2,1-4H3. The zero-order valence-corrected chi connectivity index (χ0v) is 13.3. The van der Waals surface area contributed by atoms with Crippen molar-refractivity contribution in [1.82, 2.24) is 4.90 Å². The predicted octanol–water partition coefficient (Wildman–Crippen LogP) is 1.71. The summed E-state index contributed by atoms with van der Waals surface area (Å²) in [6.07, 6.45) is 0. The maximum atomic E-state index is 12.2. The van der Waals surface area contributed by atoms with E-state index in [-0.39, 0.29) is 12.5 Å². The molecule has 110 valence electrons. The van der Waals surface area contributed by atoms with Crippen molar-refractivity contribution in [3.63, 3.8) is 0 Å². The third-order valence-corrected chi connectivity index (χ3v) is 3.41. The number of rotatable bonds is 5. The quantitative estimate of drug-likeness (QED) is 0.760. The Bertz CT molecular complexity index is 492. The van der Waals surface area contributed by atoms with Crippen LogP contribution < -0.4 is 9.47 Å². The molecule has 0 aliphatic rings. The molecule has 0 unspecified atom stereocenters. The van der Waals surface area contributed by atoms with Crippen molar-refractivity contribution in [2.75, 3.05) is 34.9 Å². The van der Waals surface area contributed by atoms with Crippen molar-refractivity contribution in [3.8, 4) is 11.5 Å². The number of benzene rings is 1. The minimum atomic E-state index is -0.489. The molecule has 1 amide bonds. The molecule has 0 saturated carbocycles. The van der Waals surface area contributed by atoms with Crippen LogP contribution in [-0.2, 0) is 9.53 Å². The van der Waals surface area contributed by atoms with Crippen LogP contribution in [0.1, 0.15) is 10.4 Å². The number of nitrogens with zero attached hydrogens (tertiary/aromatic N) is 1. The number of hydrogen-bond donors (Lipinski definition) is 0. The van der Waals surface area contributed by atoms with E-state index in [9.17, 15) is 9.59 Å². The fourth-order valence-electron chi connectivity index (χ4n) is 1.54. The molecular formula is C13H16BrNO5. The molecule has 0 fully saturated rings. The van der Waals surface area contributed by atoms with Crippen molar-refractivity contribution in [2.24, 2.45) is 0 Å². The second-order valence-corrected chi connectivity index (χ2v) is 4.73. The highest BCUT2D eigenvalue weighted by Crippen LogP contribution is 2.35. The van der Waals surface area contributed by atoms with E-state index in [0.717, 1.165) is 0 Å². The number of esters is 1. The van der Waals surface area contributed by atoms with E-state index in [2.05, 4.69) is 20.7 Å². The van der Waals surface area contributed by atoms with Crippen LogP contribution >= 0.6 is 15.9 Å². The third kappa shape index (κ3) is 3.63. The first-order valence-electron chi connectivity index (χ1n) is 5.68. The lowest BCUT2D eigenvalue weighted by molar-refractivity contribution is -0.141. The largest absolute Gasteiger partial charge is 0.495 e. The Kier molecular flexibility index (Phi) is 5.82. The molecule has 1 aromatic carbocycles. The van der Waals surface area contributed by atoms with Crippen LogP contribution in [0.3, 0.4) is 0 Å². The van der Waals surface area contributed by atoms with Crippen molar-refractivity contribution in [3.05, 3.63) is 22.2 Å². The van der Waals surface area contributed by atoms with Crippen LogP contribution in [0, 0.1) is 0 Å². The zero-order valence-electron chi connectivity index (χ0n) is 11.7. The van der Waals surface area contributed by atoms with E-state index >= 15 is 0 Å². The molecule has 0 saturated heterocycles. The van der Waals surface area contributed by atoms with Gasteiger partial charge in [-0.2, -0.15) is 0 Å². The molecule has 1 rings (SSSR count). The first kappa shape index (κ1) is 16.3. The van der Waals surface area contributed by atoms with Crippen molar-refractivity contribution >= 4 is 27.8 Å². The van der Waals surface area contributed by atoms with Crippen molar-refractivity contribution < 1.29 is 23.8 Å². The Morgan fingerprint density at radius 1 is 1.15 bits per heavy atom. The highest BCUT2D eigenvalue weighted by atomic mass is 79.9. The minimum absolute atomic E-state index is 0.129. The maximum Gasteiger partial charge on any atom is 0.325 e. The number of methoxy groups -OCH3 is 3. The molecule has 0 bridgehead atoms. The number of hydrogen-bond acceptors (Lipinski definition) is 5. The first-order chi connectivity index (χ1) is 9.44. The SMILES string of the molecule is COC(=O)CN(C)C(=O)c1cc(OC)c(Br)c(OC)c1. The fourth-order valence-corrected chi connectivity index (χ4v) is 2.10. The van der Waals surface area contributed by atoms with Gasteiger partial charge in [-0.1, -0.05) is 0 Å². The van der Waals surface area contributed by atoms with E-state index in [4.69, 9.17) is 9.47 Å². The third-order valence-electron chi connectivity index (χ3n) is 2.63. The Morgan fingerprint density at radius 3 is 2.05 bits per heavy atom. The molecule has 6 nitrogen and oxygen atoms in total. The Morgan fingerprint density at radius 2 is 1.65 bits per heavy atom. The second kappa shape index (κ2) is 7.14. The molecule has 7 heteroatoms. The lowest BCUT2D eigenvalue weighted by atomic mass is 10.1. The number of halogens is 1. The molecule has 0 aromatic heterocycles. The lowest BCUT2D eigenvalue weighted by Crippen LogP contribution is -2.32. The molecule has 0 heterocycles. The summed E-state index contributed by atoms with van der Waals surface area (Å²) >= 11 is 3.32. The summed E-state index contributed by atoms with van der Waals surface area (Å²) in [5.41, 5.74) is 0.355. The van der Waals surface area contributed by atoms with E-state index in [0.29, 0.717) is 21.5 Å². The minimum Gasteiger partial charge on any atom is -0.495 e. The molecular weight excluding hydrogens is 330 g/mol. The van der Waals surface area contributed by atoms with Gasteiger partial charge in [0.2, 0.25) is 0 Å². The summed E-state index contributed by atoms with van der Waals surface area (Å²) < 4.78 is 15.5. The summed E-state index contributed by atoms with van der Waals surface area (Å²) in [5.74, 6) is 0.120. The van der Waals surface area contributed by atoms with E-state index in [1.807, 2.05) is 0 Å². The zero-order chi connectivity index (χ0) is 15.3. The summed E-state index contributed by atoms with van der Waals surface area (Å²) in [7, 11) is 5.77. The summed E-state index contributed by atoms with van der Waals surface area (Å²) in [4.78, 5) is 24.7. The molecule has 1 aromatic rings. The normalized spacial score (nSPS) is 9.85. The van der Waals surface area contributed by atoms with Crippen LogP contribution in [-0.4, -0.2) is 51.7 Å². The highest BCUT2D eigenvalue weighted by Gasteiger charge is 2.19. The summed E-state index contributed by atoms with van der Waals surface area (Å²) in [5, 5.41) is 0. The van der Waals surface area contributed by atoms with E-state index in [1.54, 1.807) is 12.1 Å². The summed E-state index contributed by atoms with van der Waals surface area (Å²) in [6, 6.07) is 3.14. The van der Waals surface area contributed by atoms with Crippen LogP contribution in [0.25, 0.3) is 0 Å². The molecule has 0 aliphatic heterocycles. The Balaban J connectivity index is 3.06. The number of likely N-dealkylation sites (N-methyl/N-ethyl adjacent to an activating group) is 1. The molecule has 20 heavy (non-hydrogen) atoms. The smallest absolute Gasteiger partial charge is 0.325 e. The molecule has 0 radical (unpaired) electrons. The van der Waals surface area contributed by atoms with Gasteiger partial charge < -0.3 is 19.1 Å². The average molecular weight is 346 g/mol. The monoisotopic (exact) mass is 345 g/mol. The number of ether oxygens (including phenoxy) is 3. The number of amides is 1. The van der Waals surface area contributed by atoms with E-state index in [1.165, 1.54) is 33.3 Å². The predicted molar refractivity (Wildman–Crippen MR) is 76.2 cm³/mol. The van der Waals surface area contributed by atoms with Gasteiger partial charge in [0, 0.05) is 12.6 Å². The van der Waals surface area contributed by atoms with Gasteiger partial charge in [0.25, 0.3) is 5.91 Å². The number of carbonyl (C=O) groups is 2. The van der Waals surface area contributed by atoms with Crippen LogP contribution in [0.15, 0.2) is 16.6 Å². The molecule has 0 spiro atoms. The average Bonchev–Trinajstić information content (AvgIpc) is 2.46. The van der Waals surface area contributed by atoms with Crippen LogP contribution in [0.5, 0.6) is 11.5 Å². The van der Waals surface area contributed by atoms with Crippen molar-refractivity contribution in [1.29, 1.82) is 0 Å². The molecule has 0 aliphatic carbocycles. The highest BCUT2D eigenvalue weighted by molar-refractivity contribution is 9.10. The van der Waals surface area contributed by atoms with Crippen LogP contribution in [0.4, 0.5) is 0 Å². The van der Waals surface area contributed by atoms with Gasteiger partial charge in [0.1, 0.15) is 22.5 Å². The second-order valence-electron chi connectivity index (χ2n) is 3.93.